The molecule has 1 saturated heterocycles. The first kappa shape index (κ1) is 13.1. The van der Waals surface area contributed by atoms with Crippen LogP contribution in [0.15, 0.2) is 0 Å². The molecule has 18 heavy (non-hydrogen) atoms. The molecule has 6 nitrogen and oxygen atoms in total. The van der Waals surface area contributed by atoms with Gasteiger partial charge >= 0.3 is 0 Å². The molecular formula is C11H18N4O2S. The minimum absolute atomic E-state index is 0.0869. The smallest absolute Gasteiger partial charge is 0.154 e. The number of rotatable bonds is 1. The van der Waals surface area contributed by atoms with E-state index in [-0.39, 0.29) is 17.5 Å². The minimum atomic E-state index is -2.92. The van der Waals surface area contributed by atoms with Crippen LogP contribution in [0.3, 0.4) is 0 Å². The highest BCUT2D eigenvalue weighted by atomic mass is 32.2. The Kier molecular flexibility index (Phi) is 3.18. The van der Waals surface area contributed by atoms with Crippen molar-refractivity contribution in [2.24, 2.45) is 0 Å². The number of aryl methyl sites for hydroxylation is 1. The molecule has 0 radical (unpaired) electrons. The molecule has 1 aliphatic heterocycles. The van der Waals surface area contributed by atoms with Crippen molar-refractivity contribution in [3.8, 4) is 0 Å². The van der Waals surface area contributed by atoms with Crippen molar-refractivity contribution in [1.29, 1.82) is 0 Å². The lowest BCUT2D eigenvalue weighted by Crippen LogP contribution is -2.47. The lowest BCUT2D eigenvalue weighted by molar-refractivity contribution is 0.566. The van der Waals surface area contributed by atoms with Crippen molar-refractivity contribution >= 4 is 21.5 Å². The number of anilines is 2. The number of hydrogen-bond acceptors (Lipinski definition) is 6. The van der Waals surface area contributed by atoms with Crippen molar-refractivity contribution < 1.29 is 8.42 Å². The summed E-state index contributed by atoms with van der Waals surface area (Å²) in [5.41, 5.74) is 6.64. The van der Waals surface area contributed by atoms with Crippen LogP contribution in [0, 0.1) is 13.8 Å². The van der Waals surface area contributed by atoms with Gasteiger partial charge in [-0.2, -0.15) is 0 Å². The Morgan fingerprint density at radius 1 is 1.33 bits per heavy atom. The molecule has 0 aliphatic carbocycles. The quantitative estimate of drug-likeness (QED) is 0.789. The molecule has 1 fully saturated rings. The summed E-state index contributed by atoms with van der Waals surface area (Å²) < 4.78 is 23.1. The Balaban J connectivity index is 2.38. The first-order valence-corrected chi connectivity index (χ1v) is 7.70. The highest BCUT2D eigenvalue weighted by molar-refractivity contribution is 7.91. The van der Waals surface area contributed by atoms with Gasteiger partial charge in [0.25, 0.3) is 0 Å². The van der Waals surface area contributed by atoms with Crippen molar-refractivity contribution in [3.05, 3.63) is 11.4 Å². The van der Waals surface area contributed by atoms with E-state index in [4.69, 9.17) is 5.73 Å². The third kappa shape index (κ3) is 2.40. The molecule has 2 heterocycles. The lowest BCUT2D eigenvalue weighted by atomic mass is 10.2. The number of nitrogens with two attached hydrogens (primary N) is 1. The summed E-state index contributed by atoms with van der Waals surface area (Å²) in [5, 5.41) is 0. The zero-order valence-corrected chi connectivity index (χ0v) is 11.7. The Morgan fingerprint density at radius 3 is 2.61 bits per heavy atom. The molecule has 0 bridgehead atoms. The molecule has 1 aromatic heterocycles. The zero-order chi connectivity index (χ0) is 13.5. The number of nitrogen functional groups attached to an aromatic ring is 1. The number of aromatic nitrogens is 2. The van der Waals surface area contributed by atoms with Gasteiger partial charge in [-0.15, -0.1) is 0 Å². The van der Waals surface area contributed by atoms with Gasteiger partial charge in [0.1, 0.15) is 17.5 Å². The van der Waals surface area contributed by atoms with E-state index in [1.165, 1.54) is 0 Å². The number of nitrogens with zero attached hydrogens (tertiary/aromatic N) is 3. The van der Waals surface area contributed by atoms with E-state index in [2.05, 4.69) is 9.97 Å². The summed E-state index contributed by atoms with van der Waals surface area (Å²) >= 11 is 0. The van der Waals surface area contributed by atoms with Crippen LogP contribution in [0.25, 0.3) is 0 Å². The van der Waals surface area contributed by atoms with Crippen molar-refractivity contribution in [2.75, 3.05) is 28.7 Å². The normalized spacial score (nSPS) is 23.1. The van der Waals surface area contributed by atoms with Crippen LogP contribution in [0.2, 0.25) is 0 Å². The molecule has 7 heteroatoms. The van der Waals surface area contributed by atoms with Crippen LogP contribution in [0.5, 0.6) is 0 Å². The summed E-state index contributed by atoms with van der Waals surface area (Å²) in [4.78, 5) is 10.5. The Hall–Kier alpha value is -1.37. The van der Waals surface area contributed by atoms with Gasteiger partial charge < -0.3 is 10.6 Å². The van der Waals surface area contributed by atoms with Gasteiger partial charge in [-0.3, -0.25) is 0 Å². The van der Waals surface area contributed by atoms with Gasteiger partial charge in [-0.1, -0.05) is 0 Å². The summed E-state index contributed by atoms with van der Waals surface area (Å²) in [6.45, 7) is 5.99. The van der Waals surface area contributed by atoms with E-state index in [9.17, 15) is 8.42 Å². The fraction of sp³-hybridized carbons (Fsp3) is 0.636. The zero-order valence-electron chi connectivity index (χ0n) is 10.8. The van der Waals surface area contributed by atoms with E-state index in [0.717, 1.165) is 11.4 Å². The molecule has 2 N–H and O–H groups in total. The Morgan fingerprint density at radius 2 is 2.00 bits per heavy atom. The maximum Gasteiger partial charge on any atom is 0.154 e. The van der Waals surface area contributed by atoms with Crippen molar-refractivity contribution in [1.82, 2.24) is 9.97 Å². The van der Waals surface area contributed by atoms with Crippen LogP contribution in [-0.4, -0.2) is 42.5 Å². The van der Waals surface area contributed by atoms with Gasteiger partial charge in [0.2, 0.25) is 0 Å². The fourth-order valence-electron chi connectivity index (χ4n) is 2.23. The molecule has 1 unspecified atom stereocenters. The average Bonchev–Trinajstić information content (AvgIpc) is 2.23. The monoisotopic (exact) mass is 270 g/mol. The third-order valence-electron chi connectivity index (χ3n) is 3.21. The van der Waals surface area contributed by atoms with Crippen molar-refractivity contribution in [2.45, 2.75) is 26.8 Å². The van der Waals surface area contributed by atoms with E-state index >= 15 is 0 Å². The van der Waals surface area contributed by atoms with Crippen LogP contribution in [0.4, 0.5) is 11.6 Å². The molecule has 0 saturated carbocycles. The summed E-state index contributed by atoms with van der Waals surface area (Å²) in [6, 6.07) is -0.0869. The van der Waals surface area contributed by atoms with Gasteiger partial charge in [0.15, 0.2) is 9.84 Å². The van der Waals surface area contributed by atoms with Crippen LogP contribution < -0.4 is 10.6 Å². The Labute approximate surface area is 107 Å². The highest BCUT2D eigenvalue weighted by Gasteiger charge is 2.30. The predicted octanol–water partition coefficient (Wildman–Crippen LogP) is 0.299. The van der Waals surface area contributed by atoms with E-state index in [1.807, 2.05) is 18.7 Å². The lowest BCUT2D eigenvalue weighted by Gasteiger charge is -2.35. The van der Waals surface area contributed by atoms with E-state index < -0.39 is 9.84 Å². The second kappa shape index (κ2) is 4.38. The predicted molar refractivity (Wildman–Crippen MR) is 71.4 cm³/mol. The number of sulfone groups is 1. The van der Waals surface area contributed by atoms with Gasteiger partial charge in [-0.25, -0.2) is 18.4 Å². The molecule has 1 aromatic rings. The maximum absolute atomic E-state index is 11.6. The minimum Gasteiger partial charge on any atom is -0.383 e. The average molecular weight is 270 g/mol. The van der Waals surface area contributed by atoms with Gasteiger partial charge in [0.05, 0.1) is 11.5 Å². The Bertz CT molecular complexity index is 571. The standard InChI is InChI=1S/C11H18N4O2S/c1-7-6-18(16,17)5-4-15(7)11-8(2)10(12)13-9(3)14-11/h7H,4-6H2,1-3H3,(H2,12,13,14). The second-order valence-electron chi connectivity index (χ2n) is 4.76. The first-order chi connectivity index (χ1) is 8.30. The maximum atomic E-state index is 11.6. The van der Waals surface area contributed by atoms with Crippen LogP contribution in [-0.2, 0) is 9.84 Å². The van der Waals surface area contributed by atoms with Crippen molar-refractivity contribution in [3.63, 3.8) is 0 Å². The van der Waals surface area contributed by atoms with Gasteiger partial charge in [0, 0.05) is 18.2 Å². The fourth-order valence-corrected chi connectivity index (χ4v) is 3.78. The molecule has 1 atom stereocenters. The molecule has 0 spiro atoms. The third-order valence-corrected chi connectivity index (χ3v) is 5.01. The molecular weight excluding hydrogens is 252 g/mol. The SMILES string of the molecule is Cc1nc(N)c(C)c(N2CCS(=O)(=O)CC2C)n1. The van der Waals surface area contributed by atoms with E-state index in [0.29, 0.717) is 18.2 Å². The molecule has 100 valence electrons. The summed E-state index contributed by atoms with van der Waals surface area (Å²) in [6.07, 6.45) is 0. The summed E-state index contributed by atoms with van der Waals surface area (Å²) in [7, 11) is -2.92. The molecule has 0 aromatic carbocycles. The summed E-state index contributed by atoms with van der Waals surface area (Å²) in [5.74, 6) is 2.14. The van der Waals surface area contributed by atoms with Gasteiger partial charge in [-0.05, 0) is 20.8 Å². The first-order valence-electron chi connectivity index (χ1n) is 5.88. The molecule has 1 aliphatic rings. The topological polar surface area (TPSA) is 89.2 Å². The highest BCUT2D eigenvalue weighted by Crippen LogP contribution is 2.25. The number of hydrogen-bond donors (Lipinski definition) is 1. The molecule has 0 amide bonds. The van der Waals surface area contributed by atoms with Crippen LogP contribution in [0.1, 0.15) is 18.3 Å². The molecule has 2 rings (SSSR count). The largest absolute Gasteiger partial charge is 0.383 e. The van der Waals surface area contributed by atoms with Crippen LogP contribution >= 0.6 is 0 Å². The second-order valence-corrected chi connectivity index (χ2v) is 6.99. The van der Waals surface area contributed by atoms with E-state index in [1.54, 1.807) is 6.92 Å².